The Hall–Kier alpha value is -2.37. The van der Waals surface area contributed by atoms with Crippen LogP contribution in [0, 0.1) is 0 Å². The van der Waals surface area contributed by atoms with Crippen LogP contribution >= 0.6 is 0 Å². The highest BCUT2D eigenvalue weighted by molar-refractivity contribution is 5.98. The molecule has 2 N–H and O–H groups in total. The van der Waals surface area contributed by atoms with Gasteiger partial charge in [0.05, 0.1) is 6.54 Å². The molecule has 0 spiro atoms. The van der Waals surface area contributed by atoms with Gasteiger partial charge in [0.25, 0.3) is 5.91 Å². The number of rotatable bonds is 4. The largest absolute Gasteiger partial charge is 0.343 e. The van der Waals surface area contributed by atoms with Crippen molar-refractivity contribution in [2.24, 2.45) is 0 Å². The lowest BCUT2D eigenvalue weighted by Crippen LogP contribution is -2.38. The molecule has 112 valence electrons. The van der Waals surface area contributed by atoms with Crippen LogP contribution in [0.1, 0.15) is 30.1 Å². The molecule has 1 aromatic carbocycles. The average molecular weight is 289 g/mol. The van der Waals surface area contributed by atoms with Gasteiger partial charge in [0, 0.05) is 31.3 Å². The smallest absolute Gasteiger partial charge is 0.251 e. The second-order valence-corrected chi connectivity index (χ2v) is 5.03. The van der Waals surface area contributed by atoms with Crippen LogP contribution < -0.4 is 10.6 Å². The zero-order valence-corrected chi connectivity index (χ0v) is 12.0. The third-order valence-electron chi connectivity index (χ3n) is 3.30. The van der Waals surface area contributed by atoms with Crippen molar-refractivity contribution >= 4 is 23.4 Å². The predicted molar refractivity (Wildman–Crippen MR) is 78.9 cm³/mol. The van der Waals surface area contributed by atoms with Crippen molar-refractivity contribution < 1.29 is 14.4 Å². The van der Waals surface area contributed by atoms with Crippen LogP contribution in [0.3, 0.4) is 0 Å². The van der Waals surface area contributed by atoms with E-state index in [0.29, 0.717) is 11.3 Å². The molecule has 3 amide bonds. The second-order valence-electron chi connectivity index (χ2n) is 5.03. The molecule has 1 heterocycles. The Balaban J connectivity index is 1.90. The molecule has 0 radical (unpaired) electrons. The van der Waals surface area contributed by atoms with Crippen molar-refractivity contribution in [3.8, 4) is 0 Å². The summed E-state index contributed by atoms with van der Waals surface area (Å²) < 4.78 is 0. The fraction of sp³-hybridized carbons (Fsp3) is 0.400. The Morgan fingerprint density at radius 3 is 2.57 bits per heavy atom. The molecule has 1 saturated heterocycles. The third-order valence-corrected chi connectivity index (χ3v) is 3.30. The second kappa shape index (κ2) is 6.88. The van der Waals surface area contributed by atoms with Crippen molar-refractivity contribution in [2.45, 2.75) is 19.8 Å². The Labute approximate surface area is 123 Å². The molecule has 1 fully saturated rings. The third kappa shape index (κ3) is 4.30. The quantitative estimate of drug-likeness (QED) is 0.868. The lowest BCUT2D eigenvalue weighted by atomic mass is 10.2. The van der Waals surface area contributed by atoms with E-state index < -0.39 is 0 Å². The number of carbonyl (C=O) groups is 3. The molecule has 2 rings (SSSR count). The number of amides is 3. The molecule has 1 aliphatic heterocycles. The van der Waals surface area contributed by atoms with E-state index in [0.717, 1.165) is 25.9 Å². The monoisotopic (exact) mass is 289 g/mol. The summed E-state index contributed by atoms with van der Waals surface area (Å²) in [4.78, 5) is 36.6. The summed E-state index contributed by atoms with van der Waals surface area (Å²) in [5.41, 5.74) is 0.969. The first-order valence-corrected chi connectivity index (χ1v) is 7.00. The Morgan fingerprint density at radius 2 is 1.90 bits per heavy atom. The van der Waals surface area contributed by atoms with Crippen LogP contribution in [-0.4, -0.2) is 42.3 Å². The van der Waals surface area contributed by atoms with Gasteiger partial charge in [0.2, 0.25) is 11.8 Å². The Morgan fingerprint density at radius 1 is 1.19 bits per heavy atom. The lowest BCUT2D eigenvalue weighted by molar-refractivity contribution is -0.129. The highest BCUT2D eigenvalue weighted by atomic mass is 16.2. The summed E-state index contributed by atoms with van der Waals surface area (Å²) in [6.45, 7) is 2.95. The molecule has 6 nitrogen and oxygen atoms in total. The van der Waals surface area contributed by atoms with Crippen LogP contribution in [-0.2, 0) is 9.59 Å². The molecule has 21 heavy (non-hydrogen) atoms. The molecular weight excluding hydrogens is 270 g/mol. The van der Waals surface area contributed by atoms with E-state index in [1.54, 1.807) is 29.2 Å². The summed E-state index contributed by atoms with van der Waals surface area (Å²) >= 11 is 0. The van der Waals surface area contributed by atoms with Gasteiger partial charge in [-0.1, -0.05) is 6.07 Å². The number of benzene rings is 1. The zero-order chi connectivity index (χ0) is 15.2. The summed E-state index contributed by atoms with van der Waals surface area (Å²) in [5.74, 6) is -0.578. The molecule has 1 aromatic rings. The number of nitrogens with zero attached hydrogens (tertiary/aromatic N) is 1. The first kappa shape index (κ1) is 15.0. The van der Waals surface area contributed by atoms with E-state index in [9.17, 15) is 14.4 Å². The number of likely N-dealkylation sites (tertiary alicyclic amines) is 1. The van der Waals surface area contributed by atoms with Crippen molar-refractivity contribution in [3.05, 3.63) is 29.8 Å². The molecule has 0 unspecified atom stereocenters. The maximum atomic E-state index is 12.0. The maximum absolute atomic E-state index is 12.0. The number of hydrogen-bond acceptors (Lipinski definition) is 3. The number of carbonyl (C=O) groups excluding carboxylic acids is 3. The number of nitrogens with one attached hydrogen (secondary N) is 2. The van der Waals surface area contributed by atoms with Crippen molar-refractivity contribution in [1.29, 1.82) is 0 Å². The highest BCUT2D eigenvalue weighted by Crippen LogP contribution is 2.11. The normalized spacial score (nSPS) is 13.9. The summed E-state index contributed by atoms with van der Waals surface area (Å²) in [6.07, 6.45) is 2.05. The van der Waals surface area contributed by atoms with Gasteiger partial charge in [-0.3, -0.25) is 14.4 Å². The minimum atomic E-state index is -0.324. The highest BCUT2D eigenvalue weighted by Gasteiger charge is 2.18. The van der Waals surface area contributed by atoms with Gasteiger partial charge in [-0.2, -0.15) is 0 Å². The zero-order valence-electron chi connectivity index (χ0n) is 12.0. The van der Waals surface area contributed by atoms with Gasteiger partial charge < -0.3 is 15.5 Å². The molecular formula is C15H19N3O3. The molecule has 0 saturated carbocycles. The topological polar surface area (TPSA) is 78.5 Å². The molecule has 1 aliphatic rings. The Kier molecular flexibility index (Phi) is 4.92. The molecule has 6 heteroatoms. The molecule has 0 aromatic heterocycles. The minimum absolute atomic E-state index is 0.00317. The summed E-state index contributed by atoms with van der Waals surface area (Å²) in [5, 5.41) is 5.23. The van der Waals surface area contributed by atoms with Crippen LogP contribution in [0.5, 0.6) is 0 Å². The lowest BCUT2D eigenvalue weighted by Gasteiger charge is -2.15. The first-order chi connectivity index (χ1) is 10.1. The van der Waals surface area contributed by atoms with Gasteiger partial charge in [-0.15, -0.1) is 0 Å². The van der Waals surface area contributed by atoms with Gasteiger partial charge in [-0.25, -0.2) is 0 Å². The fourth-order valence-corrected chi connectivity index (χ4v) is 2.28. The minimum Gasteiger partial charge on any atom is -0.343 e. The van der Waals surface area contributed by atoms with Crippen molar-refractivity contribution in [1.82, 2.24) is 10.2 Å². The maximum Gasteiger partial charge on any atom is 0.251 e. The van der Waals surface area contributed by atoms with Gasteiger partial charge in [0.15, 0.2) is 0 Å². The molecule has 0 atom stereocenters. The van der Waals surface area contributed by atoms with Gasteiger partial charge in [-0.05, 0) is 31.0 Å². The van der Waals surface area contributed by atoms with E-state index >= 15 is 0 Å². The fourth-order valence-electron chi connectivity index (χ4n) is 2.28. The molecule has 0 bridgehead atoms. The van der Waals surface area contributed by atoms with Crippen molar-refractivity contribution in [3.63, 3.8) is 0 Å². The van der Waals surface area contributed by atoms with E-state index in [1.165, 1.54) is 6.92 Å². The standard InChI is InChI=1S/C15H19N3O3/c1-11(19)17-13-6-4-5-12(9-13)15(21)16-10-14(20)18-7-2-3-8-18/h4-6,9H,2-3,7-8,10H2,1H3,(H,16,21)(H,17,19). The predicted octanol–water partition coefficient (Wildman–Crippen LogP) is 0.997. The van der Waals surface area contributed by atoms with E-state index in [1.807, 2.05) is 0 Å². The van der Waals surface area contributed by atoms with Crippen LogP contribution in [0.2, 0.25) is 0 Å². The number of hydrogen-bond donors (Lipinski definition) is 2. The summed E-state index contributed by atoms with van der Waals surface area (Å²) in [6, 6.07) is 6.61. The first-order valence-electron chi connectivity index (χ1n) is 7.00. The van der Waals surface area contributed by atoms with E-state index in [-0.39, 0.29) is 24.3 Å². The van der Waals surface area contributed by atoms with Crippen molar-refractivity contribution in [2.75, 3.05) is 25.0 Å². The average Bonchev–Trinajstić information content (AvgIpc) is 2.98. The van der Waals surface area contributed by atoms with Gasteiger partial charge in [0.1, 0.15) is 0 Å². The van der Waals surface area contributed by atoms with Crippen LogP contribution in [0.4, 0.5) is 5.69 Å². The number of anilines is 1. The Bertz CT molecular complexity index is 551. The molecule has 0 aliphatic carbocycles. The van der Waals surface area contributed by atoms with Gasteiger partial charge >= 0.3 is 0 Å². The van der Waals surface area contributed by atoms with E-state index in [2.05, 4.69) is 10.6 Å². The van der Waals surface area contributed by atoms with Crippen LogP contribution in [0.25, 0.3) is 0 Å². The SMILES string of the molecule is CC(=O)Nc1cccc(C(=O)NCC(=O)N2CCCC2)c1. The van der Waals surface area contributed by atoms with Crippen LogP contribution in [0.15, 0.2) is 24.3 Å². The van der Waals surface area contributed by atoms with E-state index in [4.69, 9.17) is 0 Å². The summed E-state index contributed by atoms with van der Waals surface area (Å²) in [7, 11) is 0.